The molecule has 2 unspecified atom stereocenters. The number of nitrogens with one attached hydrogen (secondary N) is 1. The lowest BCUT2D eigenvalue weighted by atomic mass is 9.87. The van der Waals surface area contributed by atoms with Crippen LogP contribution in [0.25, 0.3) is 0 Å². The van der Waals surface area contributed by atoms with Gasteiger partial charge in [0.05, 0.1) is 18.0 Å². The van der Waals surface area contributed by atoms with Gasteiger partial charge in [0.25, 0.3) is 0 Å². The van der Waals surface area contributed by atoms with Gasteiger partial charge in [0.2, 0.25) is 15.9 Å². The van der Waals surface area contributed by atoms with Crippen molar-refractivity contribution >= 4 is 33.5 Å². The summed E-state index contributed by atoms with van der Waals surface area (Å²) in [5.74, 6) is -1.14. The predicted octanol–water partition coefficient (Wildman–Crippen LogP) is 5.64. The lowest BCUT2D eigenvalue weighted by molar-refractivity contribution is -0.144. The van der Waals surface area contributed by atoms with Gasteiger partial charge in [-0.2, -0.15) is 4.31 Å². The maximum absolute atomic E-state index is 14.4. The molecule has 41 heavy (non-hydrogen) atoms. The summed E-state index contributed by atoms with van der Waals surface area (Å²) in [7, 11) is -2.83. The molecule has 9 heteroatoms. The van der Waals surface area contributed by atoms with E-state index in [1.165, 1.54) is 11.4 Å². The zero-order valence-corrected chi connectivity index (χ0v) is 25.4. The topological polar surface area (TPSA) is 92.8 Å². The third-order valence-corrected chi connectivity index (χ3v) is 9.48. The van der Waals surface area contributed by atoms with Gasteiger partial charge in [-0.05, 0) is 47.2 Å². The van der Waals surface area contributed by atoms with Crippen molar-refractivity contribution in [2.24, 2.45) is 5.41 Å². The molecule has 3 aromatic carbocycles. The fourth-order valence-corrected chi connectivity index (χ4v) is 7.38. The van der Waals surface area contributed by atoms with Crippen LogP contribution in [0.2, 0.25) is 5.02 Å². The number of methoxy groups -OCH3 is 1. The van der Waals surface area contributed by atoms with E-state index in [1.807, 2.05) is 51.1 Å². The maximum Gasteiger partial charge on any atom is 0.328 e. The number of halogens is 1. The minimum Gasteiger partial charge on any atom is -0.467 e. The lowest BCUT2D eigenvalue weighted by Crippen LogP contribution is -2.46. The zero-order chi connectivity index (χ0) is 29.9. The van der Waals surface area contributed by atoms with Crippen LogP contribution < -0.4 is 5.32 Å². The molecule has 7 nitrogen and oxygen atoms in total. The Balaban J connectivity index is 1.83. The molecule has 0 spiro atoms. The van der Waals surface area contributed by atoms with Crippen LogP contribution in [0.3, 0.4) is 0 Å². The highest BCUT2D eigenvalue weighted by Gasteiger charge is 2.50. The fourth-order valence-electron chi connectivity index (χ4n) is 5.11. The molecule has 1 N–H and O–H groups in total. The molecule has 1 heterocycles. The molecule has 4 rings (SSSR count). The second kappa shape index (κ2) is 12.2. The zero-order valence-electron chi connectivity index (χ0n) is 23.8. The van der Waals surface area contributed by atoms with Gasteiger partial charge in [-0.1, -0.05) is 99.1 Å². The van der Waals surface area contributed by atoms with Crippen molar-refractivity contribution in [3.8, 4) is 0 Å². The maximum atomic E-state index is 14.4. The highest BCUT2D eigenvalue weighted by Crippen LogP contribution is 2.46. The van der Waals surface area contributed by atoms with Crippen molar-refractivity contribution < 1.29 is 22.7 Å². The van der Waals surface area contributed by atoms with Crippen LogP contribution in [0.4, 0.5) is 0 Å². The van der Waals surface area contributed by atoms with E-state index >= 15 is 0 Å². The van der Waals surface area contributed by atoms with Gasteiger partial charge >= 0.3 is 5.97 Å². The van der Waals surface area contributed by atoms with Crippen LogP contribution in [-0.4, -0.2) is 43.8 Å². The Hall–Kier alpha value is -3.46. The molecule has 0 fully saturated rings. The SMILES string of the molecule is COC(=O)[C@H](Cc1ccccc1)NC(=O)C1=CC(C(C)(C)C)N(S(=O)(=O)c2ccccc2C)C1c1ccc(Cl)cc1. The van der Waals surface area contributed by atoms with Crippen LogP contribution in [0, 0.1) is 12.3 Å². The Labute approximate surface area is 247 Å². The van der Waals surface area contributed by atoms with E-state index in [-0.39, 0.29) is 16.9 Å². The largest absolute Gasteiger partial charge is 0.467 e. The summed E-state index contributed by atoms with van der Waals surface area (Å²) in [5, 5.41) is 3.32. The molecule has 3 aromatic rings. The molecule has 1 aliphatic rings. The molecule has 0 bridgehead atoms. The summed E-state index contributed by atoms with van der Waals surface area (Å²) in [6.07, 6.45) is 1.92. The molecule has 0 saturated heterocycles. The molecular weight excluding hydrogens is 560 g/mol. The normalized spacial score (nSPS) is 18.4. The third kappa shape index (κ3) is 6.56. The molecule has 216 valence electrons. The van der Waals surface area contributed by atoms with Crippen molar-refractivity contribution in [1.29, 1.82) is 0 Å². The van der Waals surface area contributed by atoms with Gasteiger partial charge < -0.3 is 10.1 Å². The first-order valence-corrected chi connectivity index (χ1v) is 15.2. The first-order valence-electron chi connectivity index (χ1n) is 13.3. The Bertz CT molecular complexity index is 1550. The van der Waals surface area contributed by atoms with Gasteiger partial charge in [-0.15, -0.1) is 0 Å². The van der Waals surface area contributed by atoms with Crippen molar-refractivity contribution in [1.82, 2.24) is 9.62 Å². The number of aryl methyl sites for hydroxylation is 1. The Morgan fingerprint density at radius 3 is 2.17 bits per heavy atom. The summed E-state index contributed by atoms with van der Waals surface area (Å²) in [6.45, 7) is 7.54. The highest BCUT2D eigenvalue weighted by molar-refractivity contribution is 7.89. The summed E-state index contributed by atoms with van der Waals surface area (Å²) in [5.41, 5.74) is 1.67. The molecule has 0 saturated carbocycles. The molecular formula is C32H35ClN2O5S. The van der Waals surface area contributed by atoms with Crippen LogP contribution in [0.5, 0.6) is 0 Å². The Morgan fingerprint density at radius 1 is 0.976 bits per heavy atom. The monoisotopic (exact) mass is 594 g/mol. The Kier molecular flexibility index (Phi) is 9.07. The van der Waals surface area contributed by atoms with Gasteiger partial charge in [-0.25, -0.2) is 13.2 Å². The molecule has 0 aliphatic carbocycles. The number of benzene rings is 3. The number of carbonyl (C=O) groups excluding carboxylic acids is 2. The van der Waals surface area contributed by atoms with Crippen LogP contribution in [0.1, 0.15) is 43.5 Å². The minimum atomic E-state index is -4.10. The van der Waals surface area contributed by atoms with E-state index in [2.05, 4.69) is 5.32 Å². The molecule has 0 radical (unpaired) electrons. The number of hydrogen-bond donors (Lipinski definition) is 1. The molecule has 1 aliphatic heterocycles. The minimum absolute atomic E-state index is 0.166. The van der Waals surface area contributed by atoms with Crippen molar-refractivity contribution in [3.05, 3.63) is 112 Å². The Morgan fingerprint density at radius 2 is 1.59 bits per heavy atom. The molecule has 3 atom stereocenters. The number of esters is 1. The number of rotatable bonds is 8. The summed E-state index contributed by atoms with van der Waals surface area (Å²) in [4.78, 5) is 26.9. The quantitative estimate of drug-likeness (QED) is 0.341. The number of hydrogen-bond acceptors (Lipinski definition) is 5. The van der Waals surface area contributed by atoms with Gasteiger partial charge in [0, 0.05) is 23.1 Å². The molecule has 1 amide bonds. The summed E-state index contributed by atoms with van der Waals surface area (Å²) < 4.78 is 35.2. The van der Waals surface area contributed by atoms with Crippen LogP contribution in [-0.2, 0) is 30.8 Å². The van der Waals surface area contributed by atoms with E-state index in [0.29, 0.717) is 16.1 Å². The number of nitrogens with zero attached hydrogens (tertiary/aromatic N) is 1. The van der Waals surface area contributed by atoms with Gasteiger partial charge in [-0.3, -0.25) is 4.79 Å². The fraction of sp³-hybridized carbons (Fsp3) is 0.312. The van der Waals surface area contributed by atoms with Crippen molar-refractivity contribution in [2.75, 3.05) is 7.11 Å². The summed E-state index contributed by atoms with van der Waals surface area (Å²) in [6, 6.07) is 20.3. The second-order valence-corrected chi connectivity index (χ2v) is 13.5. The lowest BCUT2D eigenvalue weighted by Gasteiger charge is -2.37. The first kappa shape index (κ1) is 30.5. The standard InChI is InChI=1S/C32H35ClN2O5S/c1-21-11-9-10-14-27(21)41(38,39)35-28(32(2,3)4)20-25(29(35)23-15-17-24(33)18-16-23)30(36)34-26(31(37)40-5)19-22-12-7-6-8-13-22/h6-18,20,26,28-29H,19H2,1-5H3,(H,34,36)/t26-,28?,29?/m0/s1. The van der Waals surface area contributed by atoms with E-state index in [4.69, 9.17) is 16.3 Å². The van der Waals surface area contributed by atoms with E-state index in [9.17, 15) is 18.0 Å². The molecule has 0 aromatic heterocycles. The van der Waals surface area contributed by atoms with Crippen molar-refractivity contribution in [3.63, 3.8) is 0 Å². The third-order valence-electron chi connectivity index (χ3n) is 7.22. The van der Waals surface area contributed by atoms with Crippen LogP contribution >= 0.6 is 11.6 Å². The van der Waals surface area contributed by atoms with Crippen LogP contribution in [0.15, 0.2) is 95.4 Å². The number of ether oxygens (including phenoxy) is 1. The van der Waals surface area contributed by atoms with Gasteiger partial charge in [0.1, 0.15) is 6.04 Å². The smallest absolute Gasteiger partial charge is 0.328 e. The number of carbonyl (C=O) groups is 2. The predicted molar refractivity (Wildman–Crippen MR) is 160 cm³/mol. The highest BCUT2D eigenvalue weighted by atomic mass is 35.5. The number of sulfonamides is 1. The van der Waals surface area contributed by atoms with E-state index < -0.39 is 45.4 Å². The first-order chi connectivity index (χ1) is 19.3. The number of amides is 1. The average molecular weight is 595 g/mol. The van der Waals surface area contributed by atoms with Crippen molar-refractivity contribution in [2.45, 2.75) is 57.1 Å². The van der Waals surface area contributed by atoms with Gasteiger partial charge in [0.15, 0.2) is 0 Å². The van der Waals surface area contributed by atoms with E-state index in [1.54, 1.807) is 61.5 Å². The second-order valence-electron chi connectivity index (χ2n) is 11.2. The summed E-state index contributed by atoms with van der Waals surface area (Å²) >= 11 is 6.18. The average Bonchev–Trinajstić information content (AvgIpc) is 3.36. The van der Waals surface area contributed by atoms with E-state index in [0.717, 1.165) is 5.56 Å².